The zero-order valence-corrected chi connectivity index (χ0v) is 10.1. The molecule has 0 spiro atoms. The molecule has 2 aromatic heterocycles. The van der Waals surface area contributed by atoms with Crippen LogP contribution < -0.4 is 4.98 Å². The number of fused-ring (bicyclic) bond motifs is 3. The SMILES string of the molecule is c1ccc2c(c1)c1cccc3oc4cc[nH+]c2c4c31. The summed E-state index contributed by atoms with van der Waals surface area (Å²) < 4.78 is 5.97. The molecule has 2 nitrogen and oxygen atoms in total. The van der Waals surface area contributed by atoms with Crippen molar-refractivity contribution in [2.75, 3.05) is 0 Å². The molecular weight excluding hydrogens is 234 g/mol. The molecule has 0 saturated carbocycles. The Balaban J connectivity index is 2.34. The van der Waals surface area contributed by atoms with Gasteiger partial charge in [0.1, 0.15) is 16.6 Å². The highest BCUT2D eigenvalue weighted by Gasteiger charge is 2.19. The highest BCUT2D eigenvalue weighted by Crippen LogP contribution is 2.40. The van der Waals surface area contributed by atoms with Crippen LogP contribution in [0.4, 0.5) is 0 Å². The Kier molecular flexibility index (Phi) is 1.49. The van der Waals surface area contributed by atoms with Crippen molar-refractivity contribution in [2.24, 2.45) is 0 Å². The molecule has 5 rings (SSSR count). The summed E-state index contributed by atoms with van der Waals surface area (Å²) in [7, 11) is 0. The van der Waals surface area contributed by atoms with E-state index in [1.807, 2.05) is 18.3 Å². The van der Waals surface area contributed by atoms with E-state index in [1.54, 1.807) is 0 Å². The van der Waals surface area contributed by atoms with Crippen molar-refractivity contribution in [3.8, 4) is 0 Å². The highest BCUT2D eigenvalue weighted by molar-refractivity contribution is 6.30. The molecule has 2 heteroatoms. The van der Waals surface area contributed by atoms with Gasteiger partial charge in [-0.2, -0.15) is 0 Å². The second-order valence-corrected chi connectivity index (χ2v) is 4.92. The van der Waals surface area contributed by atoms with Crippen LogP contribution in [0.25, 0.3) is 43.6 Å². The molecular formula is C17H10NO+. The van der Waals surface area contributed by atoms with Gasteiger partial charge in [-0.3, -0.25) is 0 Å². The lowest BCUT2D eigenvalue weighted by atomic mass is 9.97. The number of rotatable bonds is 0. The van der Waals surface area contributed by atoms with Crippen LogP contribution in [0.5, 0.6) is 0 Å². The normalized spacial score (nSPS) is 12.2. The van der Waals surface area contributed by atoms with Gasteiger partial charge in [-0.05, 0) is 22.9 Å². The predicted molar refractivity (Wildman–Crippen MR) is 76.5 cm³/mol. The van der Waals surface area contributed by atoms with Crippen LogP contribution in [0.1, 0.15) is 0 Å². The van der Waals surface area contributed by atoms with Crippen LogP contribution in [-0.2, 0) is 0 Å². The molecule has 0 aliphatic carbocycles. The number of aromatic amines is 1. The fourth-order valence-corrected chi connectivity index (χ4v) is 3.18. The van der Waals surface area contributed by atoms with Crippen LogP contribution in [0.2, 0.25) is 0 Å². The zero-order valence-electron chi connectivity index (χ0n) is 10.1. The molecule has 0 atom stereocenters. The molecule has 88 valence electrons. The maximum Gasteiger partial charge on any atom is 0.223 e. The molecule has 0 fully saturated rings. The van der Waals surface area contributed by atoms with E-state index >= 15 is 0 Å². The largest absolute Gasteiger partial charge is 0.456 e. The van der Waals surface area contributed by atoms with Crippen molar-refractivity contribution in [2.45, 2.75) is 0 Å². The van der Waals surface area contributed by atoms with Crippen LogP contribution >= 0.6 is 0 Å². The topological polar surface area (TPSA) is 27.3 Å². The lowest BCUT2D eigenvalue weighted by Crippen LogP contribution is -2.02. The van der Waals surface area contributed by atoms with E-state index in [1.165, 1.54) is 26.9 Å². The number of pyridine rings is 1. The first-order valence-electron chi connectivity index (χ1n) is 6.39. The van der Waals surface area contributed by atoms with Crippen LogP contribution in [0.15, 0.2) is 59.1 Å². The van der Waals surface area contributed by atoms with Gasteiger partial charge in [-0.25, -0.2) is 4.98 Å². The van der Waals surface area contributed by atoms with E-state index in [4.69, 9.17) is 4.42 Å². The Morgan fingerprint density at radius 2 is 1.47 bits per heavy atom. The van der Waals surface area contributed by atoms with Crippen molar-refractivity contribution in [3.63, 3.8) is 0 Å². The Morgan fingerprint density at radius 3 is 2.42 bits per heavy atom. The van der Waals surface area contributed by atoms with E-state index in [9.17, 15) is 0 Å². The number of hydrogen-bond donors (Lipinski definition) is 0. The first kappa shape index (κ1) is 9.34. The van der Waals surface area contributed by atoms with Gasteiger partial charge in [-0.15, -0.1) is 0 Å². The molecule has 0 bridgehead atoms. The lowest BCUT2D eigenvalue weighted by molar-refractivity contribution is -0.343. The number of H-pyrrole nitrogens is 1. The third kappa shape index (κ3) is 1.01. The first-order chi connectivity index (χ1) is 9.43. The summed E-state index contributed by atoms with van der Waals surface area (Å²) in [5, 5.41) is 6.20. The van der Waals surface area contributed by atoms with Gasteiger partial charge in [0.15, 0.2) is 6.20 Å². The average molecular weight is 244 g/mol. The van der Waals surface area contributed by atoms with E-state index < -0.39 is 0 Å². The van der Waals surface area contributed by atoms with Gasteiger partial charge in [0.05, 0.1) is 5.39 Å². The Hall–Kier alpha value is -2.61. The Morgan fingerprint density at radius 1 is 0.684 bits per heavy atom. The van der Waals surface area contributed by atoms with Crippen LogP contribution in [-0.4, -0.2) is 0 Å². The van der Waals surface area contributed by atoms with Gasteiger partial charge < -0.3 is 4.42 Å². The van der Waals surface area contributed by atoms with Gasteiger partial charge in [0, 0.05) is 11.5 Å². The summed E-state index contributed by atoms with van der Waals surface area (Å²) in [6.45, 7) is 0. The van der Waals surface area contributed by atoms with Crippen molar-refractivity contribution in [1.82, 2.24) is 0 Å². The van der Waals surface area contributed by atoms with Crippen molar-refractivity contribution >= 4 is 43.6 Å². The summed E-state index contributed by atoms with van der Waals surface area (Å²) in [5.74, 6) is 0. The molecule has 0 amide bonds. The minimum atomic E-state index is 0.950. The van der Waals surface area contributed by atoms with E-state index in [0.717, 1.165) is 16.7 Å². The number of furan rings is 1. The molecule has 0 radical (unpaired) electrons. The van der Waals surface area contributed by atoms with Crippen molar-refractivity contribution < 1.29 is 9.40 Å². The fourth-order valence-electron chi connectivity index (χ4n) is 3.18. The number of aromatic nitrogens is 1. The summed E-state index contributed by atoms with van der Waals surface area (Å²) in [6.07, 6.45) is 1.95. The molecule has 0 aliphatic heterocycles. The maximum absolute atomic E-state index is 5.97. The summed E-state index contributed by atoms with van der Waals surface area (Å²) >= 11 is 0. The number of benzene rings is 3. The minimum absolute atomic E-state index is 0.950. The molecule has 0 unspecified atom stereocenters. The van der Waals surface area contributed by atoms with E-state index in [-0.39, 0.29) is 0 Å². The predicted octanol–water partition coefficient (Wildman–Crippen LogP) is 4.14. The molecule has 5 aromatic rings. The Bertz CT molecular complexity index is 974. The van der Waals surface area contributed by atoms with Crippen LogP contribution in [0.3, 0.4) is 0 Å². The summed E-state index contributed by atoms with van der Waals surface area (Å²) in [6, 6.07) is 16.8. The molecule has 0 saturated heterocycles. The fraction of sp³-hybridized carbons (Fsp3) is 0. The summed E-state index contributed by atoms with van der Waals surface area (Å²) in [5.41, 5.74) is 3.07. The second kappa shape index (κ2) is 3.04. The third-order valence-electron chi connectivity index (χ3n) is 3.94. The lowest BCUT2D eigenvalue weighted by Gasteiger charge is -2.03. The van der Waals surface area contributed by atoms with Crippen molar-refractivity contribution in [1.29, 1.82) is 0 Å². The molecule has 1 N–H and O–H groups in total. The van der Waals surface area contributed by atoms with Gasteiger partial charge in [-0.1, -0.05) is 30.3 Å². The standard InChI is InChI=1S/C17H9NO/c1-2-5-12-10(4-1)11-6-3-7-13-15(11)16-14(19-13)8-9-18-17(12)16/h1-9H/p+1. The first-order valence-corrected chi connectivity index (χ1v) is 6.39. The van der Waals surface area contributed by atoms with E-state index in [0.29, 0.717) is 0 Å². The van der Waals surface area contributed by atoms with Gasteiger partial charge in [0.25, 0.3) is 0 Å². The zero-order chi connectivity index (χ0) is 12.4. The monoisotopic (exact) mass is 244 g/mol. The minimum Gasteiger partial charge on any atom is -0.456 e. The number of hydrogen-bond acceptors (Lipinski definition) is 1. The maximum atomic E-state index is 5.97. The molecule has 0 aliphatic rings. The Labute approximate surface area is 108 Å². The van der Waals surface area contributed by atoms with E-state index in [2.05, 4.69) is 41.4 Å². The van der Waals surface area contributed by atoms with Gasteiger partial charge in [0.2, 0.25) is 5.52 Å². The molecule has 2 heterocycles. The molecule has 3 aromatic carbocycles. The highest BCUT2D eigenvalue weighted by atomic mass is 16.3. The number of nitrogens with one attached hydrogen (secondary N) is 1. The quantitative estimate of drug-likeness (QED) is 0.376. The third-order valence-corrected chi connectivity index (χ3v) is 3.94. The van der Waals surface area contributed by atoms with Crippen molar-refractivity contribution in [3.05, 3.63) is 54.7 Å². The van der Waals surface area contributed by atoms with Crippen LogP contribution in [0, 0.1) is 0 Å². The summed E-state index contributed by atoms with van der Waals surface area (Å²) in [4.78, 5) is 3.38. The average Bonchev–Trinajstić information content (AvgIpc) is 2.86. The smallest absolute Gasteiger partial charge is 0.223 e. The van der Waals surface area contributed by atoms with Gasteiger partial charge >= 0.3 is 0 Å². The molecule has 19 heavy (non-hydrogen) atoms. The second-order valence-electron chi connectivity index (χ2n) is 4.92.